The molecule has 0 aliphatic heterocycles. The molecule has 0 saturated carbocycles. The zero-order chi connectivity index (χ0) is 14.3. The standard InChI is InChI=1S/C11H12F3NO3S/c12-11(13,14)19(16,17)18-10-3-1-2-7-6-8(15)4-5-9(7)10/h1-3,8H,4-6,15H2. The van der Waals surface area contributed by atoms with E-state index in [9.17, 15) is 21.6 Å². The van der Waals surface area contributed by atoms with Crippen molar-refractivity contribution >= 4 is 10.1 Å². The molecule has 1 aromatic carbocycles. The van der Waals surface area contributed by atoms with Crippen LogP contribution in [-0.2, 0) is 23.0 Å². The molecule has 19 heavy (non-hydrogen) atoms. The van der Waals surface area contributed by atoms with E-state index in [0.717, 1.165) is 5.56 Å². The summed E-state index contributed by atoms with van der Waals surface area (Å²) in [5, 5.41) is 0. The summed E-state index contributed by atoms with van der Waals surface area (Å²) in [5.74, 6) is -0.262. The third kappa shape index (κ3) is 2.84. The molecule has 1 unspecified atom stereocenters. The number of benzene rings is 1. The van der Waals surface area contributed by atoms with Gasteiger partial charge in [-0.3, -0.25) is 0 Å². The second-order valence-corrected chi connectivity index (χ2v) is 5.92. The molecule has 4 nitrogen and oxygen atoms in total. The minimum absolute atomic E-state index is 0.0676. The summed E-state index contributed by atoms with van der Waals surface area (Å²) in [4.78, 5) is 0. The van der Waals surface area contributed by atoms with Crippen LogP contribution in [0.4, 0.5) is 13.2 Å². The fourth-order valence-electron chi connectivity index (χ4n) is 2.04. The highest BCUT2D eigenvalue weighted by molar-refractivity contribution is 7.88. The van der Waals surface area contributed by atoms with Gasteiger partial charge in [-0.15, -0.1) is 0 Å². The Bertz CT molecular complexity index is 583. The second-order valence-electron chi connectivity index (χ2n) is 4.38. The molecule has 1 atom stereocenters. The van der Waals surface area contributed by atoms with Crippen molar-refractivity contribution in [1.29, 1.82) is 0 Å². The minimum Gasteiger partial charge on any atom is -0.376 e. The van der Waals surface area contributed by atoms with E-state index in [1.165, 1.54) is 12.1 Å². The maximum Gasteiger partial charge on any atom is 0.534 e. The van der Waals surface area contributed by atoms with Crippen LogP contribution in [0.2, 0.25) is 0 Å². The van der Waals surface area contributed by atoms with Gasteiger partial charge in [0.05, 0.1) is 0 Å². The number of nitrogens with two attached hydrogens (primary N) is 1. The maximum absolute atomic E-state index is 12.3. The van der Waals surface area contributed by atoms with E-state index in [-0.39, 0.29) is 11.8 Å². The van der Waals surface area contributed by atoms with Gasteiger partial charge >= 0.3 is 15.6 Å². The Hall–Kier alpha value is -1.28. The number of alkyl halides is 3. The van der Waals surface area contributed by atoms with Crippen molar-refractivity contribution in [2.24, 2.45) is 5.73 Å². The van der Waals surface area contributed by atoms with Gasteiger partial charge in [0.25, 0.3) is 0 Å². The molecule has 0 spiro atoms. The van der Waals surface area contributed by atoms with Crippen LogP contribution in [0.1, 0.15) is 17.5 Å². The molecule has 0 amide bonds. The predicted molar refractivity (Wildman–Crippen MR) is 62.0 cm³/mol. The van der Waals surface area contributed by atoms with Crippen molar-refractivity contribution in [3.63, 3.8) is 0 Å². The third-order valence-electron chi connectivity index (χ3n) is 2.96. The Labute approximate surface area is 108 Å². The lowest BCUT2D eigenvalue weighted by molar-refractivity contribution is -0.0500. The zero-order valence-corrected chi connectivity index (χ0v) is 10.6. The van der Waals surface area contributed by atoms with E-state index >= 15 is 0 Å². The highest BCUT2D eigenvalue weighted by Crippen LogP contribution is 2.33. The number of hydrogen-bond donors (Lipinski definition) is 1. The summed E-state index contributed by atoms with van der Waals surface area (Å²) < 4.78 is 63.0. The van der Waals surface area contributed by atoms with Gasteiger partial charge in [-0.1, -0.05) is 12.1 Å². The summed E-state index contributed by atoms with van der Waals surface area (Å²) in [6.45, 7) is 0. The average molecular weight is 295 g/mol. The smallest absolute Gasteiger partial charge is 0.376 e. The van der Waals surface area contributed by atoms with Crippen LogP contribution in [0.3, 0.4) is 0 Å². The number of hydrogen-bond acceptors (Lipinski definition) is 4. The third-order valence-corrected chi connectivity index (χ3v) is 3.93. The lowest BCUT2D eigenvalue weighted by atomic mass is 9.88. The van der Waals surface area contributed by atoms with Gasteiger partial charge in [-0.2, -0.15) is 21.6 Å². The van der Waals surface area contributed by atoms with Crippen molar-refractivity contribution in [3.05, 3.63) is 29.3 Å². The molecule has 2 rings (SSSR count). The quantitative estimate of drug-likeness (QED) is 0.666. The zero-order valence-electron chi connectivity index (χ0n) is 9.77. The molecule has 0 radical (unpaired) electrons. The molecule has 0 saturated heterocycles. The highest BCUT2D eigenvalue weighted by atomic mass is 32.2. The normalized spacial score (nSPS) is 19.9. The van der Waals surface area contributed by atoms with Crippen molar-refractivity contribution in [2.75, 3.05) is 0 Å². The van der Waals surface area contributed by atoms with Crippen LogP contribution in [-0.4, -0.2) is 20.0 Å². The van der Waals surface area contributed by atoms with E-state index < -0.39 is 15.6 Å². The number of rotatable bonds is 2. The molecule has 0 aromatic heterocycles. The second kappa shape index (κ2) is 4.68. The first-order valence-electron chi connectivity index (χ1n) is 5.58. The van der Waals surface area contributed by atoms with Crippen molar-refractivity contribution in [3.8, 4) is 5.75 Å². The van der Waals surface area contributed by atoms with Crippen LogP contribution < -0.4 is 9.92 Å². The van der Waals surface area contributed by atoms with E-state index in [1.54, 1.807) is 6.07 Å². The molecular formula is C11H12F3NO3S. The Morgan fingerprint density at radius 1 is 1.32 bits per heavy atom. The lowest BCUT2D eigenvalue weighted by Gasteiger charge is -2.23. The first-order chi connectivity index (χ1) is 8.71. The van der Waals surface area contributed by atoms with Gasteiger partial charge in [-0.25, -0.2) is 0 Å². The molecule has 0 fully saturated rings. The molecule has 0 heterocycles. The summed E-state index contributed by atoms with van der Waals surface area (Å²) in [7, 11) is -5.63. The van der Waals surface area contributed by atoms with E-state index in [1.807, 2.05) is 0 Å². The topological polar surface area (TPSA) is 69.4 Å². The summed E-state index contributed by atoms with van der Waals surface area (Å²) in [6.07, 6.45) is 1.48. The average Bonchev–Trinajstić information content (AvgIpc) is 2.26. The molecule has 0 bridgehead atoms. The monoisotopic (exact) mass is 295 g/mol. The molecule has 1 aliphatic carbocycles. The highest BCUT2D eigenvalue weighted by Gasteiger charge is 2.48. The van der Waals surface area contributed by atoms with Gasteiger partial charge in [0.2, 0.25) is 0 Å². The summed E-state index contributed by atoms with van der Waals surface area (Å²) >= 11 is 0. The minimum atomic E-state index is -5.63. The maximum atomic E-state index is 12.3. The fraction of sp³-hybridized carbons (Fsp3) is 0.455. The fourth-order valence-corrected chi connectivity index (χ4v) is 2.53. The molecule has 106 valence electrons. The van der Waals surface area contributed by atoms with Gasteiger partial charge in [0.1, 0.15) is 5.75 Å². The van der Waals surface area contributed by atoms with E-state index in [2.05, 4.69) is 4.18 Å². The van der Waals surface area contributed by atoms with Crippen LogP contribution in [0.15, 0.2) is 18.2 Å². The first-order valence-corrected chi connectivity index (χ1v) is 6.98. The molecule has 2 N–H and O–H groups in total. The lowest BCUT2D eigenvalue weighted by Crippen LogP contribution is -2.30. The van der Waals surface area contributed by atoms with Crippen LogP contribution in [0.5, 0.6) is 5.75 Å². The Kier molecular flexibility index (Phi) is 3.48. The van der Waals surface area contributed by atoms with Crippen molar-refractivity contribution in [1.82, 2.24) is 0 Å². The van der Waals surface area contributed by atoms with Crippen molar-refractivity contribution in [2.45, 2.75) is 30.8 Å². The molecule has 1 aliphatic rings. The Morgan fingerprint density at radius 2 is 2.00 bits per heavy atom. The van der Waals surface area contributed by atoms with Gasteiger partial charge in [-0.05, 0) is 36.5 Å². The molecule has 1 aromatic rings. The van der Waals surface area contributed by atoms with Gasteiger partial charge in [0, 0.05) is 6.04 Å². The summed E-state index contributed by atoms with van der Waals surface area (Å²) in [6, 6.07) is 4.32. The predicted octanol–water partition coefficient (Wildman–Crippen LogP) is 1.73. The first kappa shape index (κ1) is 14.1. The van der Waals surface area contributed by atoms with E-state index in [4.69, 9.17) is 5.73 Å². The Morgan fingerprint density at radius 3 is 2.63 bits per heavy atom. The van der Waals surface area contributed by atoms with Crippen LogP contribution in [0, 0.1) is 0 Å². The van der Waals surface area contributed by atoms with Crippen LogP contribution >= 0.6 is 0 Å². The molecular weight excluding hydrogens is 283 g/mol. The largest absolute Gasteiger partial charge is 0.534 e. The number of fused-ring (bicyclic) bond motifs is 1. The molecule has 8 heteroatoms. The van der Waals surface area contributed by atoms with Gasteiger partial charge in [0.15, 0.2) is 0 Å². The van der Waals surface area contributed by atoms with E-state index in [0.29, 0.717) is 24.8 Å². The number of halogens is 3. The van der Waals surface area contributed by atoms with Crippen LogP contribution in [0.25, 0.3) is 0 Å². The van der Waals surface area contributed by atoms with Crippen molar-refractivity contribution < 1.29 is 25.8 Å². The van der Waals surface area contributed by atoms with Gasteiger partial charge < -0.3 is 9.92 Å². The summed E-state index contributed by atoms with van der Waals surface area (Å²) in [5.41, 5.74) is 1.54. The SMILES string of the molecule is NC1CCc2c(cccc2OS(=O)(=O)C(F)(F)F)C1. The Balaban J connectivity index is 2.36.